The average molecular weight is 377 g/mol. The molecule has 1 N–H and O–H groups in total. The number of Topliss-reactive ketones (excluding diaryl/α,β-unsaturated/α-hetero) is 1. The van der Waals surface area contributed by atoms with Crippen molar-refractivity contribution in [3.8, 4) is 16.9 Å². The zero-order valence-electron chi connectivity index (χ0n) is 15.6. The Hall–Kier alpha value is -3.48. The quantitative estimate of drug-likeness (QED) is 0.687. The molecule has 4 rings (SSSR count). The van der Waals surface area contributed by atoms with Gasteiger partial charge in [0, 0.05) is 12.0 Å². The number of ketones is 1. The van der Waals surface area contributed by atoms with Gasteiger partial charge >= 0.3 is 0 Å². The van der Waals surface area contributed by atoms with E-state index in [1.165, 1.54) is 0 Å². The van der Waals surface area contributed by atoms with Crippen LogP contribution in [0, 0.1) is 6.92 Å². The number of fused-ring (bicyclic) bond motifs is 1. The molecule has 0 fully saturated rings. The van der Waals surface area contributed by atoms with Gasteiger partial charge in [-0.15, -0.1) is 0 Å². The molecule has 1 amide bonds. The van der Waals surface area contributed by atoms with Crippen LogP contribution in [0.5, 0.6) is 5.75 Å². The van der Waals surface area contributed by atoms with Gasteiger partial charge in [0.1, 0.15) is 17.5 Å². The number of aryl methyl sites for hydroxylation is 1. The zero-order valence-corrected chi connectivity index (χ0v) is 15.6. The fourth-order valence-electron chi connectivity index (χ4n) is 3.37. The standard InChI is InChI=1S/C21H19N3O4/c1-12-20(24-28-23-12)21(26)22-11-16-10-15-9-14(7-8-19(15)27-16)18-6-4-3-5-17(18)13(2)25/h3-9,16H,10-11H2,1-2H3,(H,22,26). The van der Waals surface area contributed by atoms with Crippen LogP contribution < -0.4 is 10.1 Å². The lowest BCUT2D eigenvalue weighted by Gasteiger charge is -2.11. The molecule has 7 heteroatoms. The number of nitrogens with zero attached hydrogens (tertiary/aromatic N) is 2. The number of nitrogens with one attached hydrogen (secondary N) is 1. The SMILES string of the molecule is CC(=O)c1ccccc1-c1ccc2c(c1)CC(CNC(=O)c1nonc1C)O2. The predicted molar refractivity (Wildman–Crippen MR) is 101 cm³/mol. The maximum absolute atomic E-state index is 12.1. The molecule has 1 unspecified atom stereocenters. The Morgan fingerprint density at radius 3 is 2.75 bits per heavy atom. The highest BCUT2D eigenvalue weighted by molar-refractivity contribution is 6.00. The van der Waals surface area contributed by atoms with Gasteiger partial charge in [-0.2, -0.15) is 0 Å². The predicted octanol–water partition coefficient (Wildman–Crippen LogP) is 2.98. The van der Waals surface area contributed by atoms with E-state index in [4.69, 9.17) is 4.74 Å². The summed E-state index contributed by atoms with van der Waals surface area (Å²) in [4.78, 5) is 24.1. The normalized spacial score (nSPS) is 15.0. The smallest absolute Gasteiger partial charge is 0.275 e. The summed E-state index contributed by atoms with van der Waals surface area (Å²) in [5, 5.41) is 10.0. The summed E-state index contributed by atoms with van der Waals surface area (Å²) in [7, 11) is 0. The van der Waals surface area contributed by atoms with E-state index in [0.717, 1.165) is 22.4 Å². The molecule has 0 saturated heterocycles. The zero-order chi connectivity index (χ0) is 19.7. The summed E-state index contributed by atoms with van der Waals surface area (Å²) < 4.78 is 10.5. The highest BCUT2D eigenvalue weighted by atomic mass is 16.6. The van der Waals surface area contributed by atoms with Crippen LogP contribution in [0.2, 0.25) is 0 Å². The van der Waals surface area contributed by atoms with Crippen molar-refractivity contribution in [3.05, 3.63) is 65.0 Å². The van der Waals surface area contributed by atoms with Gasteiger partial charge in [-0.3, -0.25) is 9.59 Å². The molecule has 1 aromatic heterocycles. The number of benzene rings is 2. The molecule has 0 saturated carbocycles. The Labute approximate surface area is 161 Å². The second-order valence-electron chi connectivity index (χ2n) is 6.78. The molecule has 1 aliphatic heterocycles. The van der Waals surface area contributed by atoms with Gasteiger partial charge in [0.05, 0.1) is 6.54 Å². The van der Waals surface area contributed by atoms with Crippen molar-refractivity contribution in [3.63, 3.8) is 0 Å². The Kier molecular flexibility index (Phi) is 4.65. The fraction of sp³-hybridized carbons (Fsp3) is 0.238. The third kappa shape index (κ3) is 3.38. The van der Waals surface area contributed by atoms with Gasteiger partial charge in [0.2, 0.25) is 0 Å². The van der Waals surface area contributed by atoms with Crippen molar-refractivity contribution in [1.82, 2.24) is 15.6 Å². The number of aromatic nitrogens is 2. The van der Waals surface area contributed by atoms with E-state index in [1.54, 1.807) is 13.8 Å². The lowest BCUT2D eigenvalue weighted by Crippen LogP contribution is -2.34. The lowest BCUT2D eigenvalue weighted by atomic mass is 9.95. The lowest BCUT2D eigenvalue weighted by molar-refractivity contribution is 0.0922. The maximum atomic E-state index is 12.1. The molecule has 2 heterocycles. The minimum absolute atomic E-state index is 0.0329. The highest BCUT2D eigenvalue weighted by Crippen LogP contribution is 2.34. The van der Waals surface area contributed by atoms with E-state index in [1.807, 2.05) is 42.5 Å². The number of amides is 1. The number of carbonyl (C=O) groups excluding carboxylic acids is 2. The highest BCUT2D eigenvalue weighted by Gasteiger charge is 2.25. The van der Waals surface area contributed by atoms with Gasteiger partial charge in [-0.05, 0) is 47.8 Å². The van der Waals surface area contributed by atoms with E-state index in [0.29, 0.717) is 24.2 Å². The molecule has 0 aliphatic carbocycles. The minimum atomic E-state index is -0.339. The summed E-state index contributed by atoms with van der Waals surface area (Å²) in [6.45, 7) is 3.58. The molecular weight excluding hydrogens is 358 g/mol. The van der Waals surface area contributed by atoms with Crippen LogP contribution in [0.4, 0.5) is 0 Å². The fourth-order valence-corrected chi connectivity index (χ4v) is 3.37. The third-order valence-electron chi connectivity index (χ3n) is 4.78. The van der Waals surface area contributed by atoms with Crippen molar-refractivity contribution >= 4 is 11.7 Å². The van der Waals surface area contributed by atoms with Gasteiger partial charge in [-0.1, -0.05) is 35.5 Å². The van der Waals surface area contributed by atoms with Crippen LogP contribution in [0.15, 0.2) is 47.1 Å². The first-order valence-electron chi connectivity index (χ1n) is 9.00. The van der Waals surface area contributed by atoms with Crippen molar-refractivity contribution < 1.29 is 19.0 Å². The number of rotatable bonds is 5. The van der Waals surface area contributed by atoms with Crippen molar-refractivity contribution in [2.75, 3.05) is 6.54 Å². The maximum Gasteiger partial charge on any atom is 0.275 e. The van der Waals surface area contributed by atoms with Crippen LogP contribution in [-0.4, -0.2) is 34.7 Å². The van der Waals surface area contributed by atoms with Crippen LogP contribution in [0.1, 0.15) is 39.0 Å². The Morgan fingerprint density at radius 2 is 2.00 bits per heavy atom. The minimum Gasteiger partial charge on any atom is -0.488 e. The average Bonchev–Trinajstić information content (AvgIpc) is 3.31. The molecule has 3 aromatic rings. The summed E-state index contributed by atoms with van der Waals surface area (Å²) in [6.07, 6.45) is 0.499. The largest absolute Gasteiger partial charge is 0.488 e. The molecular formula is C21H19N3O4. The van der Waals surface area contributed by atoms with E-state index in [2.05, 4.69) is 20.3 Å². The number of hydrogen-bond acceptors (Lipinski definition) is 6. The third-order valence-corrected chi connectivity index (χ3v) is 4.78. The molecule has 28 heavy (non-hydrogen) atoms. The number of carbonyl (C=O) groups is 2. The van der Waals surface area contributed by atoms with E-state index >= 15 is 0 Å². The number of ether oxygens (including phenoxy) is 1. The Morgan fingerprint density at radius 1 is 1.18 bits per heavy atom. The molecule has 1 atom stereocenters. The summed E-state index contributed by atoms with van der Waals surface area (Å²) >= 11 is 0. The summed E-state index contributed by atoms with van der Waals surface area (Å²) in [6, 6.07) is 13.5. The summed E-state index contributed by atoms with van der Waals surface area (Å²) in [5.74, 6) is 0.488. The van der Waals surface area contributed by atoms with Gasteiger partial charge < -0.3 is 10.1 Å². The molecule has 2 aromatic carbocycles. The summed E-state index contributed by atoms with van der Waals surface area (Å²) in [5.41, 5.74) is 4.25. The van der Waals surface area contributed by atoms with Crippen molar-refractivity contribution in [1.29, 1.82) is 0 Å². The van der Waals surface area contributed by atoms with E-state index in [-0.39, 0.29) is 23.5 Å². The van der Waals surface area contributed by atoms with Crippen LogP contribution in [0.3, 0.4) is 0 Å². The molecule has 142 valence electrons. The molecule has 1 aliphatic rings. The Balaban J connectivity index is 1.47. The topological polar surface area (TPSA) is 94.3 Å². The van der Waals surface area contributed by atoms with Crippen molar-refractivity contribution in [2.45, 2.75) is 26.4 Å². The first-order valence-corrected chi connectivity index (χ1v) is 9.00. The first kappa shape index (κ1) is 17.9. The van der Waals surface area contributed by atoms with Crippen molar-refractivity contribution in [2.24, 2.45) is 0 Å². The molecule has 0 spiro atoms. The molecule has 0 radical (unpaired) electrons. The molecule has 0 bridgehead atoms. The molecule has 7 nitrogen and oxygen atoms in total. The van der Waals surface area contributed by atoms with E-state index in [9.17, 15) is 9.59 Å². The van der Waals surface area contributed by atoms with Gasteiger partial charge in [0.25, 0.3) is 5.91 Å². The van der Waals surface area contributed by atoms with Crippen LogP contribution in [0.25, 0.3) is 11.1 Å². The monoisotopic (exact) mass is 377 g/mol. The number of hydrogen-bond donors (Lipinski definition) is 1. The second kappa shape index (κ2) is 7.26. The first-order chi connectivity index (χ1) is 13.5. The van der Waals surface area contributed by atoms with Crippen LogP contribution >= 0.6 is 0 Å². The Bertz CT molecular complexity index is 1060. The van der Waals surface area contributed by atoms with Gasteiger partial charge in [-0.25, -0.2) is 4.63 Å². The van der Waals surface area contributed by atoms with Crippen LogP contribution in [-0.2, 0) is 6.42 Å². The second-order valence-corrected chi connectivity index (χ2v) is 6.78. The van der Waals surface area contributed by atoms with Gasteiger partial charge in [0.15, 0.2) is 11.5 Å². The van der Waals surface area contributed by atoms with E-state index < -0.39 is 0 Å².